The van der Waals surface area contributed by atoms with Gasteiger partial charge in [0.2, 0.25) is 0 Å². The molecule has 0 bridgehead atoms. The first-order valence-electron chi connectivity index (χ1n) is 9.31. The van der Waals surface area contributed by atoms with Gasteiger partial charge in [-0.1, -0.05) is 12.1 Å². The van der Waals surface area contributed by atoms with E-state index in [2.05, 4.69) is 20.7 Å². The Hall–Kier alpha value is -1.59. The van der Waals surface area contributed by atoms with Crippen molar-refractivity contribution in [1.29, 1.82) is 0 Å². The maximum atomic E-state index is 10.2. The summed E-state index contributed by atoms with van der Waals surface area (Å²) in [7, 11) is 5.23. The molecule has 0 saturated carbocycles. The summed E-state index contributed by atoms with van der Waals surface area (Å²) in [5.74, 6) is 1.47. The number of aromatic hydroxyl groups is 1. The minimum Gasteiger partial charge on any atom is -0.504 e. The first-order chi connectivity index (χ1) is 13.5. The lowest BCUT2D eigenvalue weighted by atomic mass is 10.1. The van der Waals surface area contributed by atoms with Crippen LogP contribution in [0.15, 0.2) is 28.6 Å². The molecule has 0 spiro atoms. The Morgan fingerprint density at radius 1 is 1.38 bits per heavy atom. The third kappa shape index (κ3) is 7.31. The number of phenols is 1. The van der Waals surface area contributed by atoms with Crippen molar-refractivity contribution in [1.82, 2.24) is 15.2 Å². The van der Waals surface area contributed by atoms with Crippen LogP contribution in [0.3, 0.4) is 0 Å². The number of halogens is 1. The minimum absolute atomic E-state index is 0. The second-order valence-electron chi connectivity index (χ2n) is 6.36. The first-order valence-corrected chi connectivity index (χ1v) is 10.2. The van der Waals surface area contributed by atoms with E-state index in [1.165, 1.54) is 0 Å². The number of guanidine groups is 1. The van der Waals surface area contributed by atoms with E-state index in [0.717, 1.165) is 28.8 Å². The molecule has 9 heteroatoms. The highest BCUT2D eigenvalue weighted by atomic mass is 127. The Bertz CT molecular complexity index is 785. The fraction of sp³-hybridized carbons (Fsp3) is 0.500. The highest BCUT2D eigenvalue weighted by Gasteiger charge is 2.13. The second kappa shape index (κ2) is 12.9. The summed E-state index contributed by atoms with van der Waals surface area (Å²) in [6, 6.07) is 5.50. The molecule has 2 N–H and O–H groups in total. The number of nitrogens with zero attached hydrogens (tertiary/aromatic N) is 3. The summed E-state index contributed by atoms with van der Waals surface area (Å²) in [5, 5.41) is 16.5. The van der Waals surface area contributed by atoms with Gasteiger partial charge in [-0.15, -0.1) is 35.3 Å². The average molecular weight is 534 g/mol. The van der Waals surface area contributed by atoms with Gasteiger partial charge < -0.3 is 24.8 Å². The summed E-state index contributed by atoms with van der Waals surface area (Å²) in [4.78, 5) is 11.4. The van der Waals surface area contributed by atoms with Gasteiger partial charge in [-0.3, -0.25) is 4.99 Å². The van der Waals surface area contributed by atoms with Crippen LogP contribution in [0.4, 0.5) is 0 Å². The fourth-order valence-electron chi connectivity index (χ4n) is 2.69. The third-order valence-corrected chi connectivity index (χ3v) is 5.37. The molecule has 0 aliphatic carbocycles. The van der Waals surface area contributed by atoms with Crippen LogP contribution in [-0.2, 0) is 17.7 Å². The van der Waals surface area contributed by atoms with Gasteiger partial charge in [0, 0.05) is 32.6 Å². The zero-order valence-electron chi connectivity index (χ0n) is 17.6. The van der Waals surface area contributed by atoms with E-state index in [0.29, 0.717) is 25.3 Å². The smallest absolute Gasteiger partial charge is 0.194 e. The molecule has 0 radical (unpaired) electrons. The van der Waals surface area contributed by atoms with Crippen LogP contribution in [0.5, 0.6) is 11.5 Å². The number of hydrogen-bond donors (Lipinski definition) is 2. The van der Waals surface area contributed by atoms with E-state index in [1.807, 2.05) is 37.9 Å². The van der Waals surface area contributed by atoms with Crippen molar-refractivity contribution in [3.05, 3.63) is 39.8 Å². The van der Waals surface area contributed by atoms with Crippen molar-refractivity contribution in [2.75, 3.05) is 34.4 Å². The second-order valence-corrected chi connectivity index (χ2v) is 7.25. The number of benzene rings is 1. The molecule has 0 saturated heterocycles. The Morgan fingerprint density at radius 2 is 2.14 bits per heavy atom. The van der Waals surface area contributed by atoms with E-state index in [4.69, 9.17) is 9.47 Å². The largest absolute Gasteiger partial charge is 0.504 e. The molecule has 2 rings (SSSR count). The van der Waals surface area contributed by atoms with Crippen molar-refractivity contribution in [2.45, 2.75) is 32.9 Å². The molecule has 1 aromatic heterocycles. The molecular weight excluding hydrogens is 503 g/mol. The fourth-order valence-corrected chi connectivity index (χ4v) is 3.53. The maximum Gasteiger partial charge on any atom is 0.194 e. The predicted molar refractivity (Wildman–Crippen MR) is 129 cm³/mol. The zero-order valence-corrected chi connectivity index (χ0v) is 20.8. The number of methoxy groups -OCH3 is 2. The van der Waals surface area contributed by atoms with Crippen LogP contribution in [-0.4, -0.2) is 55.3 Å². The van der Waals surface area contributed by atoms with E-state index < -0.39 is 0 Å². The topological polar surface area (TPSA) is 79.2 Å². The van der Waals surface area contributed by atoms with Crippen molar-refractivity contribution >= 4 is 41.3 Å². The Labute approximate surface area is 194 Å². The maximum absolute atomic E-state index is 10.2. The molecular formula is C20H31IN4O3S. The summed E-state index contributed by atoms with van der Waals surface area (Å²) < 4.78 is 10.5. The van der Waals surface area contributed by atoms with Gasteiger partial charge >= 0.3 is 0 Å². The molecule has 0 amide bonds. The SMILES string of the molecule is CCNC(=NCCc1cccc(OC)c1O)N(C)Cc1csc(C(C)OC)n1.I. The van der Waals surface area contributed by atoms with Crippen LogP contribution >= 0.6 is 35.3 Å². The molecule has 7 nitrogen and oxygen atoms in total. The van der Waals surface area contributed by atoms with Crippen LogP contribution in [0.2, 0.25) is 0 Å². The van der Waals surface area contributed by atoms with Gasteiger partial charge in [0.1, 0.15) is 11.1 Å². The van der Waals surface area contributed by atoms with Gasteiger partial charge in [0.15, 0.2) is 17.5 Å². The van der Waals surface area contributed by atoms with E-state index in [1.54, 1.807) is 31.6 Å². The van der Waals surface area contributed by atoms with Crippen molar-refractivity contribution in [3.63, 3.8) is 0 Å². The number of hydrogen-bond acceptors (Lipinski definition) is 6. The standard InChI is InChI=1S/C20H30N4O3S.HI/c1-6-21-20(22-11-10-15-8-7-9-17(27-5)18(15)25)24(3)12-16-13-28-19(23-16)14(2)26-4;/h7-9,13-14,25H,6,10-12H2,1-5H3,(H,21,22);1H. The first kappa shape index (κ1) is 25.4. The minimum atomic E-state index is 0. The number of thiazole rings is 1. The monoisotopic (exact) mass is 534 g/mol. The average Bonchev–Trinajstić information content (AvgIpc) is 3.16. The number of aromatic nitrogens is 1. The van der Waals surface area contributed by atoms with Crippen LogP contribution < -0.4 is 10.1 Å². The van der Waals surface area contributed by atoms with E-state index in [9.17, 15) is 5.11 Å². The lowest BCUT2D eigenvalue weighted by Gasteiger charge is -2.21. The van der Waals surface area contributed by atoms with Gasteiger partial charge in [-0.25, -0.2) is 4.98 Å². The molecule has 162 valence electrons. The molecule has 29 heavy (non-hydrogen) atoms. The lowest BCUT2D eigenvalue weighted by molar-refractivity contribution is 0.119. The van der Waals surface area contributed by atoms with Crippen molar-refractivity contribution in [3.8, 4) is 11.5 Å². The van der Waals surface area contributed by atoms with Gasteiger partial charge in [-0.05, 0) is 31.9 Å². The van der Waals surface area contributed by atoms with Crippen LogP contribution in [0.25, 0.3) is 0 Å². The van der Waals surface area contributed by atoms with Gasteiger partial charge in [-0.2, -0.15) is 0 Å². The Balaban J connectivity index is 0.00000420. The molecule has 2 aromatic rings. The van der Waals surface area contributed by atoms with Gasteiger partial charge in [0.05, 0.1) is 19.3 Å². The molecule has 1 heterocycles. The Kier molecular flexibility index (Phi) is 11.3. The lowest BCUT2D eigenvalue weighted by Crippen LogP contribution is -2.38. The van der Waals surface area contributed by atoms with Gasteiger partial charge in [0.25, 0.3) is 0 Å². The normalized spacial score (nSPS) is 12.2. The quantitative estimate of drug-likeness (QED) is 0.290. The highest BCUT2D eigenvalue weighted by molar-refractivity contribution is 14.0. The number of para-hydroxylation sites is 1. The molecule has 1 unspecified atom stereocenters. The predicted octanol–water partition coefficient (Wildman–Crippen LogP) is 3.82. The highest BCUT2D eigenvalue weighted by Crippen LogP contribution is 2.29. The molecule has 0 aliphatic heterocycles. The number of ether oxygens (including phenoxy) is 2. The summed E-state index contributed by atoms with van der Waals surface area (Å²) >= 11 is 1.61. The van der Waals surface area contributed by atoms with Crippen LogP contribution in [0.1, 0.15) is 36.2 Å². The number of phenolic OH excluding ortho intramolecular Hbond substituents is 1. The van der Waals surface area contributed by atoms with Crippen molar-refractivity contribution < 1.29 is 14.6 Å². The molecule has 1 atom stereocenters. The molecule has 1 aromatic carbocycles. The molecule has 0 fully saturated rings. The number of aliphatic imine (C=N–C) groups is 1. The van der Waals surface area contributed by atoms with E-state index in [-0.39, 0.29) is 35.8 Å². The summed E-state index contributed by atoms with van der Waals surface area (Å²) in [6.45, 7) is 6.01. The van der Waals surface area contributed by atoms with E-state index >= 15 is 0 Å². The zero-order chi connectivity index (χ0) is 20.5. The third-order valence-electron chi connectivity index (χ3n) is 4.31. The Morgan fingerprint density at radius 3 is 2.79 bits per heavy atom. The summed E-state index contributed by atoms with van der Waals surface area (Å²) in [6.07, 6.45) is 0.624. The number of nitrogens with one attached hydrogen (secondary N) is 1. The number of rotatable bonds is 9. The van der Waals surface area contributed by atoms with Crippen molar-refractivity contribution in [2.24, 2.45) is 4.99 Å². The van der Waals surface area contributed by atoms with Crippen LogP contribution in [0, 0.1) is 0 Å². The molecule has 0 aliphatic rings. The summed E-state index contributed by atoms with van der Waals surface area (Å²) in [5.41, 5.74) is 1.81.